The van der Waals surface area contributed by atoms with Crippen LogP contribution in [0.15, 0.2) is 24.3 Å². The van der Waals surface area contributed by atoms with Gasteiger partial charge >= 0.3 is 12.1 Å². The number of hydrogen-bond donors (Lipinski definition) is 2. The number of nitrogens with zero attached hydrogens (tertiary/aromatic N) is 2. The third kappa shape index (κ3) is 5.90. The Bertz CT molecular complexity index is 1020. The molecule has 3 atom stereocenters. The number of fused-ring (bicyclic) bond motifs is 1. The normalized spacial score (nSPS) is 18.7. The number of carbonyl (C=O) groups is 2. The Morgan fingerprint density at radius 3 is 2.64 bits per heavy atom. The molecular weight excluding hydrogens is 429 g/mol. The highest BCUT2D eigenvalue weighted by molar-refractivity contribution is 5.89. The minimum absolute atomic E-state index is 0.0572. The number of likely N-dealkylation sites (tertiary alicyclic amines) is 1. The molecule has 0 bridgehead atoms. The van der Waals surface area contributed by atoms with Gasteiger partial charge < -0.3 is 19.9 Å². The third-order valence-electron chi connectivity index (χ3n) is 5.92. The van der Waals surface area contributed by atoms with Crippen LogP contribution in [-0.2, 0) is 9.53 Å². The second-order valence-corrected chi connectivity index (χ2v) is 9.48. The largest absolute Gasteiger partial charge is 0.481 e. The monoisotopic (exact) mass is 461 g/mol. The number of nitrogens with one attached hydrogen (secondary N) is 1. The van der Waals surface area contributed by atoms with E-state index in [2.05, 4.69) is 10.3 Å². The SMILES string of the molecule is COc1ccc2ccc(F)c(C(C(=O)O)C(C)N3CC[C@@H](CNC(=O)OC(C)(C)C)C3)c2n1. The van der Waals surface area contributed by atoms with E-state index in [1.807, 2.05) is 4.90 Å². The van der Waals surface area contributed by atoms with E-state index in [0.717, 1.165) is 6.42 Å². The van der Waals surface area contributed by atoms with Crippen LogP contribution in [0.4, 0.5) is 9.18 Å². The molecule has 180 valence electrons. The fourth-order valence-corrected chi connectivity index (χ4v) is 4.30. The molecule has 1 aromatic heterocycles. The minimum atomic E-state index is -1.12. The van der Waals surface area contributed by atoms with Gasteiger partial charge in [-0.1, -0.05) is 0 Å². The van der Waals surface area contributed by atoms with E-state index in [9.17, 15) is 14.7 Å². The number of amides is 1. The molecule has 8 nitrogen and oxygen atoms in total. The van der Waals surface area contributed by atoms with Gasteiger partial charge in [0.25, 0.3) is 0 Å². The van der Waals surface area contributed by atoms with Crippen LogP contribution in [0.2, 0.25) is 0 Å². The molecule has 1 aliphatic rings. The standard InChI is InChI=1S/C24H32FN3O5/c1-14(28-11-10-15(13-28)12-26-23(31)33-24(2,3)4)19(22(29)30)20-17(25)8-6-16-7-9-18(32-5)27-21(16)20/h6-9,14-15,19H,10-13H2,1-5H3,(H,26,31)(H,29,30)/t14?,15-,19?/m0/s1. The lowest BCUT2D eigenvalue weighted by Crippen LogP contribution is -2.40. The molecule has 1 fully saturated rings. The van der Waals surface area contributed by atoms with Crippen LogP contribution in [0, 0.1) is 11.7 Å². The van der Waals surface area contributed by atoms with Crippen LogP contribution in [0.1, 0.15) is 45.6 Å². The van der Waals surface area contributed by atoms with Gasteiger partial charge in [-0.15, -0.1) is 0 Å². The lowest BCUT2D eigenvalue weighted by Gasteiger charge is -2.30. The van der Waals surface area contributed by atoms with Crippen molar-refractivity contribution in [3.05, 3.63) is 35.6 Å². The van der Waals surface area contributed by atoms with Gasteiger partial charge in [0.2, 0.25) is 5.88 Å². The molecule has 9 heteroatoms. The Balaban J connectivity index is 1.78. The number of carbonyl (C=O) groups excluding carboxylic acids is 1. The Hall–Kier alpha value is -2.94. The van der Waals surface area contributed by atoms with Crippen LogP contribution in [0.25, 0.3) is 10.9 Å². The molecule has 1 aromatic carbocycles. The minimum Gasteiger partial charge on any atom is -0.481 e. The number of methoxy groups -OCH3 is 1. The Kier molecular flexibility index (Phi) is 7.41. The average Bonchev–Trinajstić information content (AvgIpc) is 3.21. The van der Waals surface area contributed by atoms with E-state index < -0.39 is 35.4 Å². The summed E-state index contributed by atoms with van der Waals surface area (Å²) in [6.45, 7) is 8.86. The van der Waals surface area contributed by atoms with Gasteiger partial charge in [-0.25, -0.2) is 14.2 Å². The van der Waals surface area contributed by atoms with Crippen LogP contribution in [0.3, 0.4) is 0 Å². The van der Waals surface area contributed by atoms with Crippen molar-refractivity contribution in [3.8, 4) is 5.88 Å². The van der Waals surface area contributed by atoms with Crippen molar-refractivity contribution in [1.82, 2.24) is 15.2 Å². The number of aromatic nitrogens is 1. The molecule has 1 aliphatic heterocycles. The van der Waals surface area contributed by atoms with Crippen molar-refractivity contribution >= 4 is 23.0 Å². The quantitative estimate of drug-likeness (QED) is 0.647. The molecule has 0 aliphatic carbocycles. The molecule has 2 N–H and O–H groups in total. The number of aliphatic carboxylic acids is 1. The summed E-state index contributed by atoms with van der Waals surface area (Å²) >= 11 is 0. The highest BCUT2D eigenvalue weighted by Gasteiger charge is 2.37. The van der Waals surface area contributed by atoms with E-state index in [0.29, 0.717) is 30.9 Å². The summed E-state index contributed by atoms with van der Waals surface area (Å²) in [5, 5.41) is 13.5. The molecule has 0 radical (unpaired) electrons. The van der Waals surface area contributed by atoms with E-state index in [1.54, 1.807) is 45.9 Å². The highest BCUT2D eigenvalue weighted by Crippen LogP contribution is 2.34. The second-order valence-electron chi connectivity index (χ2n) is 9.48. The number of rotatable bonds is 7. The summed E-state index contributed by atoms with van der Waals surface area (Å²) in [6.07, 6.45) is 0.312. The number of benzene rings is 1. The number of carboxylic acid groups (broad SMARTS) is 1. The third-order valence-corrected chi connectivity index (χ3v) is 5.92. The predicted octanol–water partition coefficient (Wildman–Crippen LogP) is 3.79. The van der Waals surface area contributed by atoms with Gasteiger partial charge in [0.05, 0.1) is 12.6 Å². The molecule has 0 saturated carbocycles. The van der Waals surface area contributed by atoms with Crippen LogP contribution in [-0.4, -0.2) is 65.4 Å². The zero-order valence-electron chi connectivity index (χ0n) is 19.7. The lowest BCUT2D eigenvalue weighted by atomic mass is 9.89. The van der Waals surface area contributed by atoms with Gasteiger partial charge in [-0.3, -0.25) is 9.69 Å². The van der Waals surface area contributed by atoms with Crippen molar-refractivity contribution in [2.24, 2.45) is 5.92 Å². The maximum absolute atomic E-state index is 15.0. The van der Waals surface area contributed by atoms with Crippen molar-refractivity contribution in [1.29, 1.82) is 0 Å². The van der Waals surface area contributed by atoms with Crippen molar-refractivity contribution in [2.75, 3.05) is 26.7 Å². The van der Waals surface area contributed by atoms with Crippen molar-refractivity contribution in [3.63, 3.8) is 0 Å². The van der Waals surface area contributed by atoms with Crippen molar-refractivity contribution < 1.29 is 28.6 Å². The topological polar surface area (TPSA) is 101 Å². The molecule has 0 spiro atoms. The number of halogens is 1. The predicted molar refractivity (Wildman–Crippen MR) is 122 cm³/mol. The number of alkyl carbamates (subject to hydrolysis) is 1. The van der Waals surface area contributed by atoms with E-state index >= 15 is 4.39 Å². The van der Waals surface area contributed by atoms with Crippen LogP contribution >= 0.6 is 0 Å². The molecule has 2 aromatic rings. The fraction of sp³-hybridized carbons (Fsp3) is 0.542. The molecule has 33 heavy (non-hydrogen) atoms. The van der Waals surface area contributed by atoms with Crippen molar-refractivity contribution in [2.45, 2.75) is 51.7 Å². The summed E-state index contributed by atoms with van der Waals surface area (Å²) in [5.41, 5.74) is -0.230. The summed E-state index contributed by atoms with van der Waals surface area (Å²) < 4.78 is 25.5. The molecule has 2 heterocycles. The van der Waals surface area contributed by atoms with Gasteiger partial charge in [0.15, 0.2) is 0 Å². The molecule has 3 rings (SSSR count). The Morgan fingerprint density at radius 1 is 1.30 bits per heavy atom. The molecule has 1 amide bonds. The zero-order chi connectivity index (χ0) is 24.3. The zero-order valence-corrected chi connectivity index (χ0v) is 19.7. The summed E-state index contributed by atoms with van der Waals surface area (Å²) in [5.74, 6) is -2.41. The number of carboxylic acids is 1. The first-order valence-electron chi connectivity index (χ1n) is 11.1. The second kappa shape index (κ2) is 9.91. The summed E-state index contributed by atoms with van der Waals surface area (Å²) in [7, 11) is 1.46. The molecule has 2 unspecified atom stereocenters. The fourth-order valence-electron chi connectivity index (χ4n) is 4.30. The maximum Gasteiger partial charge on any atom is 0.407 e. The summed E-state index contributed by atoms with van der Waals surface area (Å²) in [6, 6.07) is 5.78. The number of pyridine rings is 1. The van der Waals surface area contributed by atoms with E-state index in [4.69, 9.17) is 9.47 Å². The summed E-state index contributed by atoms with van der Waals surface area (Å²) in [4.78, 5) is 30.7. The molecule has 1 saturated heterocycles. The number of hydrogen-bond acceptors (Lipinski definition) is 6. The van der Waals surface area contributed by atoms with Gasteiger partial charge in [-0.05, 0) is 64.8 Å². The van der Waals surface area contributed by atoms with Gasteiger partial charge in [-0.2, -0.15) is 0 Å². The molecular formula is C24H32FN3O5. The number of ether oxygens (including phenoxy) is 2. The van der Waals surface area contributed by atoms with Gasteiger partial charge in [0.1, 0.15) is 17.3 Å². The van der Waals surface area contributed by atoms with Gasteiger partial charge in [0, 0.05) is 36.1 Å². The first kappa shape index (κ1) is 24.7. The lowest BCUT2D eigenvalue weighted by molar-refractivity contribution is -0.140. The smallest absolute Gasteiger partial charge is 0.407 e. The Morgan fingerprint density at radius 2 is 2.00 bits per heavy atom. The van der Waals surface area contributed by atoms with Crippen LogP contribution in [0.5, 0.6) is 5.88 Å². The first-order chi connectivity index (χ1) is 15.5. The Labute approximate surface area is 193 Å². The average molecular weight is 462 g/mol. The first-order valence-corrected chi connectivity index (χ1v) is 11.1. The van der Waals surface area contributed by atoms with E-state index in [-0.39, 0.29) is 17.0 Å². The van der Waals surface area contributed by atoms with Crippen LogP contribution < -0.4 is 10.1 Å². The van der Waals surface area contributed by atoms with E-state index in [1.165, 1.54) is 13.2 Å². The highest BCUT2D eigenvalue weighted by atomic mass is 19.1. The maximum atomic E-state index is 15.0.